The minimum Gasteiger partial charge on any atom is 1.00 e. The molecule has 0 aromatic heterocycles. The molecule has 0 aliphatic rings. The first kappa shape index (κ1) is 21.8. The zero-order valence-corrected chi connectivity index (χ0v) is 16.1. The fraction of sp³-hybridized carbons (Fsp3) is 0. The van der Waals surface area contributed by atoms with Crippen LogP contribution in [0.15, 0.2) is 23.1 Å². The first-order chi connectivity index (χ1) is 5.97. The van der Waals surface area contributed by atoms with E-state index < -0.39 is 14.3 Å². The van der Waals surface area contributed by atoms with Crippen molar-refractivity contribution in [3.05, 3.63) is 29.4 Å². The molecule has 0 aliphatic heterocycles. The van der Waals surface area contributed by atoms with Crippen molar-refractivity contribution in [3.8, 4) is 0 Å². The summed E-state index contributed by atoms with van der Waals surface area (Å²) in [7, 11) is 0. The summed E-state index contributed by atoms with van der Waals surface area (Å²) in [5.41, 5.74) is 0. The second-order valence-electron chi connectivity index (χ2n) is 1.37. The van der Waals surface area contributed by atoms with Gasteiger partial charge in [-0.1, -0.05) is 0 Å². The maximum absolute atomic E-state index is 9.99. The zero-order chi connectivity index (χ0) is 10.7. The Bertz CT molecular complexity index is 241. The van der Waals surface area contributed by atoms with Crippen molar-refractivity contribution < 1.29 is 117 Å². The van der Waals surface area contributed by atoms with Crippen LogP contribution in [-0.2, 0) is 14.3 Å². The SMILES string of the molecule is O=[N][Ir-2]([N]=O)([N]=O)([N]=O)([N]=O)[N]=O.[K+].[K+]. The molecule has 0 unspecified atom stereocenters. The summed E-state index contributed by atoms with van der Waals surface area (Å²) in [6, 6.07) is 0. The Labute approximate surface area is 165 Å². The molecule has 0 amide bonds. The van der Waals surface area contributed by atoms with Crippen LogP contribution < -0.4 is 103 Å². The summed E-state index contributed by atoms with van der Waals surface area (Å²) >= 11 is -8.11. The molecule has 0 spiro atoms. The van der Waals surface area contributed by atoms with E-state index in [9.17, 15) is 29.4 Å². The third kappa shape index (κ3) is 2.86. The van der Waals surface area contributed by atoms with Gasteiger partial charge in [0.05, 0.1) is 0 Å². The molecular formula is IrK2N6O6. The molecule has 77 valence electrons. The molecule has 0 heterocycles. The summed E-state index contributed by atoms with van der Waals surface area (Å²) in [6.45, 7) is 0. The fourth-order valence-corrected chi connectivity index (χ4v) is 1.36. The largest absolute Gasteiger partial charge is 1.00 e. The smallest absolute Gasteiger partial charge is 1.00 e. The second kappa shape index (κ2) is 6.45. The van der Waals surface area contributed by atoms with Crippen LogP contribution in [0.4, 0.5) is 0 Å². The molecule has 15 heteroatoms. The van der Waals surface area contributed by atoms with E-state index in [1.807, 2.05) is 0 Å². The molecule has 0 radical (unpaired) electrons. The standard InChI is InChI=1S/Ir.2K.6NO/c;;;6*1-2/q+4;2*+1;6*-1. The molecule has 0 rings (SSSR count). The van der Waals surface area contributed by atoms with Crippen LogP contribution >= 0.6 is 0 Å². The van der Waals surface area contributed by atoms with Crippen LogP contribution in [0.1, 0.15) is 0 Å². The average Bonchev–Trinajstić information content (AvgIpc) is 2.26. The Hall–Kier alpha value is 1.52. The minimum atomic E-state index is -8.11. The van der Waals surface area contributed by atoms with Crippen molar-refractivity contribution in [2.75, 3.05) is 0 Å². The van der Waals surface area contributed by atoms with Gasteiger partial charge in [0.2, 0.25) is 0 Å². The van der Waals surface area contributed by atoms with Gasteiger partial charge in [-0.05, 0) is 0 Å². The maximum Gasteiger partial charge on any atom is 1.00 e. The van der Waals surface area contributed by atoms with Gasteiger partial charge in [0.1, 0.15) is 0 Å². The summed E-state index contributed by atoms with van der Waals surface area (Å²) in [5, 5.41) is 0. The van der Waals surface area contributed by atoms with Gasteiger partial charge >= 0.3 is 170 Å². The Kier molecular flexibility index (Phi) is 9.37. The van der Waals surface area contributed by atoms with E-state index in [4.69, 9.17) is 0 Å². The van der Waals surface area contributed by atoms with Crippen LogP contribution in [0, 0.1) is 29.4 Å². The molecule has 0 aliphatic carbocycles. The van der Waals surface area contributed by atoms with Gasteiger partial charge in [-0.15, -0.1) is 0 Å². The van der Waals surface area contributed by atoms with Crippen molar-refractivity contribution in [2.45, 2.75) is 0 Å². The van der Waals surface area contributed by atoms with Gasteiger partial charge in [-0.25, -0.2) is 0 Å². The van der Waals surface area contributed by atoms with Gasteiger partial charge in [-0.3, -0.25) is 0 Å². The molecular weight excluding hydrogens is 450 g/mol. The van der Waals surface area contributed by atoms with E-state index in [0.29, 0.717) is 0 Å². The number of hydrogen-bond donors (Lipinski definition) is 0. The van der Waals surface area contributed by atoms with E-state index in [1.54, 1.807) is 0 Å². The normalized spacial score (nSPS) is 13.6. The number of nitroso groups, excluding NO2 is 6. The van der Waals surface area contributed by atoms with Gasteiger partial charge in [-0.2, -0.15) is 0 Å². The number of hydrogen-bond acceptors (Lipinski definition) is 12. The Morgan fingerprint density at radius 3 is 0.600 bits per heavy atom. The van der Waals surface area contributed by atoms with Gasteiger partial charge < -0.3 is 0 Å². The summed E-state index contributed by atoms with van der Waals surface area (Å²) in [4.78, 5) is 59.9. The van der Waals surface area contributed by atoms with Crippen molar-refractivity contribution in [3.63, 3.8) is 0 Å². The second-order valence-corrected chi connectivity index (χ2v) is 11.2. The number of rotatable bonds is 6. The summed E-state index contributed by atoms with van der Waals surface area (Å²) in [5.74, 6) is 0. The molecule has 0 atom stereocenters. The molecule has 0 fully saturated rings. The van der Waals surface area contributed by atoms with Crippen LogP contribution in [0.25, 0.3) is 0 Å². The van der Waals surface area contributed by atoms with Crippen LogP contribution in [-0.4, -0.2) is 0 Å². The Morgan fingerprint density at radius 2 is 0.600 bits per heavy atom. The topological polar surface area (TPSA) is 177 Å². The van der Waals surface area contributed by atoms with Crippen LogP contribution in [0.2, 0.25) is 0 Å². The minimum absolute atomic E-state index is 0. The van der Waals surface area contributed by atoms with Gasteiger partial charge in [0.15, 0.2) is 0 Å². The third-order valence-corrected chi connectivity index (χ3v) is 6.68. The van der Waals surface area contributed by atoms with Crippen molar-refractivity contribution >= 4 is 0 Å². The van der Waals surface area contributed by atoms with Crippen molar-refractivity contribution in [2.24, 2.45) is 23.1 Å². The zero-order valence-electron chi connectivity index (χ0n) is 7.47. The fourth-order valence-electron chi connectivity index (χ4n) is 0.167. The first-order valence-electron chi connectivity index (χ1n) is 1.99. The maximum atomic E-state index is 9.99. The van der Waals surface area contributed by atoms with Gasteiger partial charge in [0.25, 0.3) is 0 Å². The molecule has 0 aromatic rings. The van der Waals surface area contributed by atoms with E-state index in [-0.39, 0.29) is 103 Å². The molecule has 0 saturated heterocycles. The Balaban J connectivity index is -0.000000720. The van der Waals surface area contributed by atoms with Crippen molar-refractivity contribution in [1.29, 1.82) is 0 Å². The van der Waals surface area contributed by atoms with Crippen LogP contribution in [0.5, 0.6) is 0 Å². The van der Waals surface area contributed by atoms with E-state index in [2.05, 4.69) is 0 Å². The summed E-state index contributed by atoms with van der Waals surface area (Å²) in [6.07, 6.45) is 0. The predicted molar refractivity (Wildman–Crippen MR) is 34.8 cm³/mol. The molecule has 0 saturated carbocycles. The van der Waals surface area contributed by atoms with Crippen LogP contribution in [0.3, 0.4) is 0 Å². The van der Waals surface area contributed by atoms with Gasteiger partial charge in [0, 0.05) is 0 Å². The quantitative estimate of drug-likeness (QED) is 0.290. The van der Waals surface area contributed by atoms with Crippen molar-refractivity contribution in [1.82, 2.24) is 0 Å². The molecule has 12 nitrogen and oxygen atoms in total. The molecule has 0 bridgehead atoms. The third-order valence-electron chi connectivity index (χ3n) is 0.816. The molecule has 15 heavy (non-hydrogen) atoms. The number of nitrogens with zero attached hydrogens (tertiary/aromatic N) is 6. The van der Waals surface area contributed by atoms with E-state index in [0.717, 1.165) is 0 Å². The van der Waals surface area contributed by atoms with E-state index >= 15 is 0 Å². The first-order valence-corrected chi connectivity index (χ1v) is 8.42. The molecule has 0 N–H and O–H groups in total. The molecule has 0 aromatic carbocycles. The monoisotopic (exact) mass is 451 g/mol. The average molecular weight is 450 g/mol. The van der Waals surface area contributed by atoms with E-state index in [1.165, 1.54) is 23.1 Å². The summed E-state index contributed by atoms with van der Waals surface area (Å²) < 4.78 is 8.50. The Morgan fingerprint density at radius 1 is 0.467 bits per heavy atom. The predicted octanol–water partition coefficient (Wildman–Crippen LogP) is -4.69.